The Bertz CT molecular complexity index is 676. The molecule has 0 aromatic heterocycles. The second-order valence-corrected chi connectivity index (χ2v) is 7.11. The van der Waals surface area contributed by atoms with E-state index in [1.807, 2.05) is 39.8 Å². The molecule has 2 N–H and O–H groups in total. The van der Waals surface area contributed by atoms with Gasteiger partial charge in [0.15, 0.2) is 0 Å². The fourth-order valence-electron chi connectivity index (χ4n) is 2.98. The molecule has 2 rings (SSSR count). The molecule has 136 valence electrons. The first kappa shape index (κ1) is 19.0. The van der Waals surface area contributed by atoms with Crippen molar-refractivity contribution in [3.05, 3.63) is 28.8 Å². The zero-order valence-electron chi connectivity index (χ0n) is 15.6. The van der Waals surface area contributed by atoms with Gasteiger partial charge in [-0.25, -0.2) is 0 Å². The van der Waals surface area contributed by atoms with E-state index < -0.39 is 0 Å². The predicted molar refractivity (Wildman–Crippen MR) is 97.2 cm³/mol. The molecule has 6 nitrogen and oxygen atoms in total. The van der Waals surface area contributed by atoms with Crippen LogP contribution in [0.3, 0.4) is 0 Å². The van der Waals surface area contributed by atoms with Crippen molar-refractivity contribution < 1.29 is 14.4 Å². The number of nitrogens with one attached hydrogen (secondary N) is 2. The summed E-state index contributed by atoms with van der Waals surface area (Å²) in [6, 6.07) is 4.01. The van der Waals surface area contributed by atoms with Crippen LogP contribution in [0.25, 0.3) is 0 Å². The topological polar surface area (TPSA) is 78.5 Å². The quantitative estimate of drug-likeness (QED) is 0.825. The van der Waals surface area contributed by atoms with E-state index in [0.29, 0.717) is 5.92 Å². The van der Waals surface area contributed by atoms with E-state index in [0.717, 1.165) is 28.8 Å². The highest BCUT2D eigenvalue weighted by Gasteiger charge is 2.39. The van der Waals surface area contributed by atoms with Gasteiger partial charge in [0.05, 0.1) is 13.1 Å². The average Bonchev–Trinajstić information content (AvgIpc) is 3.25. The van der Waals surface area contributed by atoms with Crippen LogP contribution in [0, 0.1) is 32.6 Å². The summed E-state index contributed by atoms with van der Waals surface area (Å²) in [7, 11) is 1.56. The van der Waals surface area contributed by atoms with Crippen molar-refractivity contribution in [1.82, 2.24) is 10.2 Å². The van der Waals surface area contributed by atoms with Crippen molar-refractivity contribution in [2.75, 3.05) is 25.5 Å². The minimum Gasteiger partial charge on any atom is -0.347 e. The molecule has 0 heterocycles. The third-order valence-corrected chi connectivity index (χ3v) is 4.61. The highest BCUT2D eigenvalue weighted by atomic mass is 16.2. The van der Waals surface area contributed by atoms with Gasteiger partial charge in [-0.3, -0.25) is 14.4 Å². The summed E-state index contributed by atoms with van der Waals surface area (Å²) in [6.45, 7) is 7.78. The van der Waals surface area contributed by atoms with Gasteiger partial charge in [0.25, 0.3) is 0 Å². The van der Waals surface area contributed by atoms with E-state index in [4.69, 9.17) is 0 Å². The molecular weight excluding hydrogens is 318 g/mol. The summed E-state index contributed by atoms with van der Waals surface area (Å²) >= 11 is 0. The lowest BCUT2D eigenvalue weighted by Crippen LogP contribution is -2.42. The third kappa shape index (κ3) is 5.05. The Morgan fingerprint density at radius 2 is 1.72 bits per heavy atom. The number of hydrogen-bond donors (Lipinski definition) is 2. The van der Waals surface area contributed by atoms with Crippen LogP contribution in [0.15, 0.2) is 12.1 Å². The molecule has 0 spiro atoms. The molecule has 0 aliphatic heterocycles. The van der Waals surface area contributed by atoms with Crippen molar-refractivity contribution in [3.8, 4) is 0 Å². The number of carbonyl (C=O) groups excluding carboxylic acids is 3. The van der Waals surface area contributed by atoms with Crippen LogP contribution in [0.5, 0.6) is 0 Å². The number of nitrogens with zero attached hydrogens (tertiary/aromatic N) is 1. The highest BCUT2D eigenvalue weighted by molar-refractivity contribution is 5.96. The number of benzene rings is 1. The van der Waals surface area contributed by atoms with Crippen LogP contribution in [-0.4, -0.2) is 42.8 Å². The van der Waals surface area contributed by atoms with E-state index >= 15 is 0 Å². The van der Waals surface area contributed by atoms with E-state index in [9.17, 15) is 14.4 Å². The summed E-state index contributed by atoms with van der Waals surface area (Å²) in [5.74, 6) is -0.180. The summed E-state index contributed by atoms with van der Waals surface area (Å²) in [5.41, 5.74) is 3.91. The summed E-state index contributed by atoms with van der Waals surface area (Å²) in [4.78, 5) is 37.4. The lowest BCUT2D eigenvalue weighted by molar-refractivity contribution is -0.134. The van der Waals surface area contributed by atoms with Gasteiger partial charge in [-0.1, -0.05) is 24.6 Å². The average molecular weight is 345 g/mol. The van der Waals surface area contributed by atoms with Crippen molar-refractivity contribution in [2.24, 2.45) is 11.8 Å². The lowest BCUT2D eigenvalue weighted by Gasteiger charge is -2.18. The zero-order valence-corrected chi connectivity index (χ0v) is 15.6. The van der Waals surface area contributed by atoms with Crippen molar-refractivity contribution in [2.45, 2.75) is 34.1 Å². The Hall–Kier alpha value is -2.37. The van der Waals surface area contributed by atoms with Crippen LogP contribution in [-0.2, 0) is 14.4 Å². The minimum atomic E-state index is -0.283. The maximum Gasteiger partial charge on any atom is 0.243 e. The molecule has 0 saturated heterocycles. The molecule has 0 radical (unpaired) electrons. The van der Waals surface area contributed by atoms with Crippen LogP contribution in [0.4, 0.5) is 5.69 Å². The van der Waals surface area contributed by atoms with Gasteiger partial charge in [0, 0.05) is 18.7 Å². The minimum absolute atomic E-state index is 0.0360. The normalized spacial score (nSPS) is 18.4. The Morgan fingerprint density at radius 1 is 1.16 bits per heavy atom. The number of aryl methyl sites for hydroxylation is 3. The van der Waals surface area contributed by atoms with Gasteiger partial charge in [-0.15, -0.1) is 0 Å². The Morgan fingerprint density at radius 3 is 2.24 bits per heavy atom. The Labute approximate surface area is 149 Å². The number of amides is 3. The molecule has 1 saturated carbocycles. The number of anilines is 1. The van der Waals surface area contributed by atoms with E-state index in [1.165, 1.54) is 4.90 Å². The fraction of sp³-hybridized carbons (Fsp3) is 0.526. The molecule has 2 unspecified atom stereocenters. The summed E-state index contributed by atoms with van der Waals surface area (Å²) < 4.78 is 0. The molecule has 0 bridgehead atoms. The van der Waals surface area contributed by atoms with Gasteiger partial charge in [0.2, 0.25) is 17.7 Å². The summed E-state index contributed by atoms with van der Waals surface area (Å²) in [6.07, 6.45) is 0.882. The standard InChI is InChI=1S/C19H27N3O3/c1-11-6-13(3)18(14(4)7-11)21-16(23)10-22(5)17(24)9-20-19(25)15-8-12(15)2/h6-7,12,15H,8-10H2,1-5H3,(H,20,25)(H,21,23). The second-order valence-electron chi connectivity index (χ2n) is 7.11. The number of likely N-dealkylation sites (N-methyl/N-ethyl adjacent to an activating group) is 1. The lowest BCUT2D eigenvalue weighted by atomic mass is 10.1. The van der Waals surface area contributed by atoms with Crippen LogP contribution >= 0.6 is 0 Å². The monoisotopic (exact) mass is 345 g/mol. The first-order valence-electron chi connectivity index (χ1n) is 8.58. The molecule has 1 fully saturated rings. The fourth-order valence-corrected chi connectivity index (χ4v) is 2.98. The van der Waals surface area contributed by atoms with Gasteiger partial charge >= 0.3 is 0 Å². The second kappa shape index (κ2) is 7.68. The summed E-state index contributed by atoms with van der Waals surface area (Å²) in [5, 5.41) is 5.51. The smallest absolute Gasteiger partial charge is 0.243 e. The molecule has 1 aromatic rings. The Balaban J connectivity index is 1.83. The van der Waals surface area contributed by atoms with Gasteiger partial charge in [-0.05, 0) is 44.2 Å². The molecule has 2 atom stereocenters. The van der Waals surface area contributed by atoms with Crippen molar-refractivity contribution in [1.29, 1.82) is 0 Å². The first-order chi connectivity index (χ1) is 11.7. The largest absolute Gasteiger partial charge is 0.347 e. The van der Waals surface area contributed by atoms with Gasteiger partial charge < -0.3 is 15.5 Å². The SMILES string of the molecule is Cc1cc(C)c(NC(=O)CN(C)C(=O)CNC(=O)C2CC2C)c(C)c1. The van der Waals surface area contributed by atoms with Gasteiger partial charge in [-0.2, -0.15) is 0 Å². The van der Waals surface area contributed by atoms with Crippen LogP contribution < -0.4 is 10.6 Å². The third-order valence-electron chi connectivity index (χ3n) is 4.61. The molecule has 6 heteroatoms. The Kier molecular flexibility index (Phi) is 5.82. The number of rotatable bonds is 6. The van der Waals surface area contributed by atoms with Crippen LogP contribution in [0.1, 0.15) is 30.0 Å². The first-order valence-corrected chi connectivity index (χ1v) is 8.58. The number of hydrogen-bond acceptors (Lipinski definition) is 3. The van der Waals surface area contributed by atoms with Crippen molar-refractivity contribution in [3.63, 3.8) is 0 Å². The van der Waals surface area contributed by atoms with Crippen LogP contribution in [0.2, 0.25) is 0 Å². The zero-order chi connectivity index (χ0) is 18.7. The maximum atomic E-state index is 12.2. The van der Waals surface area contributed by atoms with E-state index in [2.05, 4.69) is 10.6 Å². The number of carbonyl (C=O) groups is 3. The molecule has 25 heavy (non-hydrogen) atoms. The predicted octanol–water partition coefficient (Wildman–Crippen LogP) is 1.78. The van der Waals surface area contributed by atoms with Gasteiger partial charge in [0.1, 0.15) is 0 Å². The van der Waals surface area contributed by atoms with E-state index in [-0.39, 0.29) is 36.7 Å². The molecule has 1 aromatic carbocycles. The van der Waals surface area contributed by atoms with Crippen molar-refractivity contribution >= 4 is 23.4 Å². The molecule has 1 aliphatic rings. The highest BCUT2D eigenvalue weighted by Crippen LogP contribution is 2.37. The van der Waals surface area contributed by atoms with E-state index in [1.54, 1.807) is 7.05 Å². The maximum absolute atomic E-state index is 12.2. The molecule has 3 amide bonds. The molecule has 1 aliphatic carbocycles. The molecular formula is C19H27N3O3.